The standard InChI is InChI=1S/C12H20N2O4S/c1-8(15)13-9-7-14(10(9)16)12(2,5-4-6-19)11(17)18-3/h9,19H,4-7H2,1-3H3,(H,13,15). The van der Waals surface area contributed by atoms with Gasteiger partial charge in [-0.25, -0.2) is 4.79 Å². The third-order valence-corrected chi connectivity index (χ3v) is 3.67. The van der Waals surface area contributed by atoms with Gasteiger partial charge in [-0.05, 0) is 25.5 Å². The van der Waals surface area contributed by atoms with Gasteiger partial charge in [0.1, 0.15) is 11.6 Å². The van der Waals surface area contributed by atoms with E-state index >= 15 is 0 Å². The monoisotopic (exact) mass is 288 g/mol. The van der Waals surface area contributed by atoms with E-state index in [4.69, 9.17) is 4.74 Å². The average Bonchev–Trinajstić information content (AvgIpc) is 2.38. The number of thiol groups is 1. The number of likely N-dealkylation sites (tertiary alicyclic amines) is 1. The van der Waals surface area contributed by atoms with E-state index < -0.39 is 17.6 Å². The average molecular weight is 288 g/mol. The third kappa shape index (κ3) is 3.20. The molecule has 1 heterocycles. The molecule has 0 radical (unpaired) electrons. The number of amides is 2. The maximum Gasteiger partial charge on any atom is 0.331 e. The lowest BCUT2D eigenvalue weighted by Crippen LogP contribution is -2.71. The Morgan fingerprint density at radius 3 is 2.63 bits per heavy atom. The van der Waals surface area contributed by atoms with Gasteiger partial charge >= 0.3 is 5.97 Å². The maximum absolute atomic E-state index is 12.0. The lowest BCUT2D eigenvalue weighted by atomic mass is 9.88. The van der Waals surface area contributed by atoms with Gasteiger partial charge in [0.2, 0.25) is 11.8 Å². The zero-order valence-corrected chi connectivity index (χ0v) is 12.3. The second-order valence-electron chi connectivity index (χ2n) is 4.79. The molecule has 1 N–H and O–H groups in total. The summed E-state index contributed by atoms with van der Waals surface area (Å²) in [6, 6.07) is -0.530. The topological polar surface area (TPSA) is 75.7 Å². The van der Waals surface area contributed by atoms with Crippen molar-refractivity contribution in [3.8, 4) is 0 Å². The molecule has 2 unspecified atom stereocenters. The molecule has 0 aliphatic carbocycles. The molecule has 0 aromatic rings. The molecule has 6 nitrogen and oxygen atoms in total. The molecule has 0 bridgehead atoms. The second kappa shape index (κ2) is 6.27. The van der Waals surface area contributed by atoms with Crippen LogP contribution in [-0.2, 0) is 19.1 Å². The van der Waals surface area contributed by atoms with E-state index in [1.165, 1.54) is 18.9 Å². The highest BCUT2D eigenvalue weighted by Gasteiger charge is 2.51. The van der Waals surface area contributed by atoms with E-state index in [0.717, 1.165) is 0 Å². The lowest BCUT2D eigenvalue weighted by molar-refractivity contribution is -0.171. The summed E-state index contributed by atoms with van der Waals surface area (Å²) in [4.78, 5) is 36.3. The number of nitrogens with zero attached hydrogens (tertiary/aromatic N) is 1. The maximum atomic E-state index is 12.0. The fraction of sp³-hybridized carbons (Fsp3) is 0.750. The SMILES string of the molecule is COC(=O)C(C)(CCCS)N1CC(NC(C)=O)C1=O. The van der Waals surface area contributed by atoms with Gasteiger partial charge in [-0.2, -0.15) is 12.6 Å². The van der Waals surface area contributed by atoms with Crippen molar-refractivity contribution in [2.24, 2.45) is 0 Å². The molecule has 0 aromatic heterocycles. The van der Waals surface area contributed by atoms with Crippen molar-refractivity contribution >= 4 is 30.4 Å². The van der Waals surface area contributed by atoms with E-state index in [-0.39, 0.29) is 11.8 Å². The minimum absolute atomic E-state index is 0.248. The van der Waals surface area contributed by atoms with Crippen LogP contribution in [0, 0.1) is 0 Å². The summed E-state index contributed by atoms with van der Waals surface area (Å²) >= 11 is 4.12. The first-order valence-corrected chi connectivity index (χ1v) is 6.78. The van der Waals surface area contributed by atoms with Crippen molar-refractivity contribution < 1.29 is 19.1 Å². The fourth-order valence-electron chi connectivity index (χ4n) is 2.21. The van der Waals surface area contributed by atoms with Crippen LogP contribution in [0.2, 0.25) is 0 Å². The molecule has 1 fully saturated rings. The number of esters is 1. The number of hydrogen-bond acceptors (Lipinski definition) is 5. The van der Waals surface area contributed by atoms with Crippen LogP contribution in [-0.4, -0.2) is 53.7 Å². The van der Waals surface area contributed by atoms with Gasteiger partial charge in [-0.3, -0.25) is 9.59 Å². The predicted octanol–water partition coefficient (Wildman–Crippen LogP) is -0.0250. The van der Waals surface area contributed by atoms with Gasteiger partial charge < -0.3 is 15.0 Å². The smallest absolute Gasteiger partial charge is 0.331 e. The van der Waals surface area contributed by atoms with E-state index in [1.54, 1.807) is 6.92 Å². The van der Waals surface area contributed by atoms with E-state index in [1.807, 2.05) is 0 Å². The Morgan fingerprint density at radius 1 is 1.58 bits per heavy atom. The Morgan fingerprint density at radius 2 is 2.21 bits per heavy atom. The van der Waals surface area contributed by atoms with Crippen LogP contribution in [0.15, 0.2) is 0 Å². The molecule has 1 aliphatic heterocycles. The van der Waals surface area contributed by atoms with Crippen molar-refractivity contribution in [3.63, 3.8) is 0 Å². The highest BCUT2D eigenvalue weighted by atomic mass is 32.1. The Balaban J connectivity index is 2.76. The number of ether oxygens (including phenoxy) is 1. The van der Waals surface area contributed by atoms with Crippen molar-refractivity contribution in [2.45, 2.75) is 38.3 Å². The first kappa shape index (κ1) is 15.8. The number of carbonyl (C=O) groups is 3. The molecule has 2 atom stereocenters. The molecular formula is C12H20N2O4S. The van der Waals surface area contributed by atoms with Crippen molar-refractivity contribution in [3.05, 3.63) is 0 Å². The highest BCUT2D eigenvalue weighted by molar-refractivity contribution is 7.80. The molecular weight excluding hydrogens is 268 g/mol. The molecule has 0 spiro atoms. The second-order valence-corrected chi connectivity index (χ2v) is 5.24. The first-order chi connectivity index (χ1) is 8.86. The molecule has 1 aliphatic rings. The summed E-state index contributed by atoms with van der Waals surface area (Å²) in [7, 11) is 1.30. The number of carbonyl (C=O) groups excluding carboxylic acids is 3. The van der Waals surface area contributed by atoms with Crippen LogP contribution in [0.25, 0.3) is 0 Å². The predicted molar refractivity (Wildman–Crippen MR) is 72.8 cm³/mol. The van der Waals surface area contributed by atoms with Gasteiger partial charge in [-0.1, -0.05) is 0 Å². The van der Waals surface area contributed by atoms with E-state index in [0.29, 0.717) is 25.1 Å². The normalized spacial score (nSPS) is 21.4. The Hall–Kier alpha value is -1.24. The zero-order valence-electron chi connectivity index (χ0n) is 11.4. The van der Waals surface area contributed by atoms with Crippen molar-refractivity contribution in [1.29, 1.82) is 0 Å². The summed E-state index contributed by atoms with van der Waals surface area (Å²) in [5.74, 6) is -0.316. The summed E-state index contributed by atoms with van der Waals surface area (Å²) in [6.45, 7) is 3.37. The molecule has 1 saturated heterocycles. The van der Waals surface area contributed by atoms with Crippen LogP contribution < -0.4 is 5.32 Å². The quantitative estimate of drug-likeness (QED) is 0.409. The third-order valence-electron chi connectivity index (χ3n) is 3.35. The molecule has 0 saturated carbocycles. The number of rotatable bonds is 6. The number of β-lactam (4-membered cyclic amide) rings is 1. The summed E-state index contributed by atoms with van der Waals surface area (Å²) in [5.41, 5.74) is -0.983. The first-order valence-electron chi connectivity index (χ1n) is 6.14. The number of nitrogens with one attached hydrogen (secondary N) is 1. The van der Waals surface area contributed by atoms with Crippen LogP contribution in [0.3, 0.4) is 0 Å². The largest absolute Gasteiger partial charge is 0.467 e. The van der Waals surface area contributed by atoms with Crippen molar-refractivity contribution in [1.82, 2.24) is 10.2 Å². The van der Waals surface area contributed by atoms with Gasteiger partial charge in [0.25, 0.3) is 0 Å². The Bertz CT molecular complexity index is 388. The number of methoxy groups -OCH3 is 1. The van der Waals surface area contributed by atoms with E-state index in [2.05, 4.69) is 17.9 Å². The molecule has 19 heavy (non-hydrogen) atoms. The fourth-order valence-corrected chi connectivity index (χ4v) is 2.37. The summed E-state index contributed by atoms with van der Waals surface area (Å²) in [6.07, 6.45) is 1.19. The molecule has 2 amide bonds. The molecule has 0 aromatic carbocycles. The Kier molecular flexibility index (Phi) is 5.22. The summed E-state index contributed by atoms with van der Waals surface area (Å²) in [5, 5.41) is 2.55. The number of hydrogen-bond donors (Lipinski definition) is 2. The van der Waals surface area contributed by atoms with Crippen LogP contribution in [0.5, 0.6) is 0 Å². The van der Waals surface area contributed by atoms with Gasteiger partial charge in [0.05, 0.1) is 13.7 Å². The highest BCUT2D eigenvalue weighted by Crippen LogP contribution is 2.29. The minimum Gasteiger partial charge on any atom is -0.467 e. The molecule has 108 valence electrons. The van der Waals surface area contributed by atoms with Gasteiger partial charge in [-0.15, -0.1) is 0 Å². The van der Waals surface area contributed by atoms with E-state index in [9.17, 15) is 14.4 Å². The zero-order chi connectivity index (χ0) is 14.6. The van der Waals surface area contributed by atoms with Gasteiger partial charge in [0, 0.05) is 6.92 Å². The molecule has 1 rings (SSSR count). The lowest BCUT2D eigenvalue weighted by Gasteiger charge is -2.48. The van der Waals surface area contributed by atoms with Gasteiger partial charge in [0.15, 0.2) is 0 Å². The molecule has 7 heteroatoms. The minimum atomic E-state index is -0.983. The van der Waals surface area contributed by atoms with Crippen molar-refractivity contribution in [2.75, 3.05) is 19.4 Å². The Labute approximate surface area is 118 Å². The summed E-state index contributed by atoms with van der Waals surface area (Å²) < 4.78 is 4.79. The van der Waals surface area contributed by atoms with Crippen LogP contribution in [0.1, 0.15) is 26.7 Å². The van der Waals surface area contributed by atoms with Crippen LogP contribution >= 0.6 is 12.6 Å². The van der Waals surface area contributed by atoms with Crippen LogP contribution in [0.4, 0.5) is 0 Å².